The maximum atomic E-state index is 12.8. The number of amides is 1. The summed E-state index contributed by atoms with van der Waals surface area (Å²) in [6, 6.07) is 14.2. The summed E-state index contributed by atoms with van der Waals surface area (Å²) in [5, 5.41) is 1.99. The lowest BCUT2D eigenvalue weighted by atomic mass is 10.2. The fourth-order valence-corrected chi connectivity index (χ4v) is 6.47. The number of rotatable bonds is 5. The molecule has 1 N–H and O–H groups in total. The van der Waals surface area contributed by atoms with E-state index in [0.717, 1.165) is 0 Å². The summed E-state index contributed by atoms with van der Waals surface area (Å²) in [6.45, 7) is 1.66. The van der Waals surface area contributed by atoms with Crippen molar-refractivity contribution >= 4 is 31.5 Å². The van der Waals surface area contributed by atoms with Gasteiger partial charge in [0.05, 0.1) is 15.0 Å². The smallest absolute Gasteiger partial charge is 0.243 e. The maximum Gasteiger partial charge on any atom is 0.243 e. The summed E-state index contributed by atoms with van der Waals surface area (Å²) in [6.07, 6.45) is 0.501. The fraction of sp³-hybridized carbons (Fsp3) is 0.316. The van der Waals surface area contributed by atoms with E-state index in [9.17, 15) is 21.6 Å². The van der Waals surface area contributed by atoms with Gasteiger partial charge in [-0.1, -0.05) is 18.2 Å². The number of nitrogens with one attached hydrogen (secondary N) is 1. The second-order valence-electron chi connectivity index (χ2n) is 6.67. The summed E-state index contributed by atoms with van der Waals surface area (Å²) in [5.41, 5.74) is 0.513. The molecule has 1 aliphatic rings. The number of sulfone groups is 1. The highest BCUT2D eigenvalue weighted by Crippen LogP contribution is 2.28. The number of anilines is 1. The molecule has 150 valence electrons. The van der Waals surface area contributed by atoms with Crippen molar-refractivity contribution in [1.82, 2.24) is 4.31 Å². The molecule has 28 heavy (non-hydrogen) atoms. The number of sulfonamides is 1. The van der Waals surface area contributed by atoms with E-state index in [1.807, 2.05) is 0 Å². The second-order valence-corrected chi connectivity index (χ2v) is 10.8. The quantitative estimate of drug-likeness (QED) is 0.797. The van der Waals surface area contributed by atoms with Crippen LogP contribution in [0.1, 0.15) is 19.8 Å². The Hall–Kier alpha value is -2.23. The predicted molar refractivity (Wildman–Crippen MR) is 106 cm³/mol. The van der Waals surface area contributed by atoms with E-state index in [0.29, 0.717) is 5.69 Å². The van der Waals surface area contributed by atoms with Crippen molar-refractivity contribution in [3.8, 4) is 0 Å². The van der Waals surface area contributed by atoms with Crippen LogP contribution >= 0.6 is 0 Å². The molecule has 0 radical (unpaired) electrons. The predicted octanol–water partition coefficient (Wildman–Crippen LogP) is 2.27. The van der Waals surface area contributed by atoms with Gasteiger partial charge in [-0.2, -0.15) is 4.31 Å². The molecular formula is C19H22N2O5S2. The normalized spacial score (nSPS) is 16.6. The van der Waals surface area contributed by atoms with Gasteiger partial charge in [-0.05, 0) is 49.2 Å². The molecule has 1 fully saturated rings. The minimum atomic E-state index is -3.72. The van der Waals surface area contributed by atoms with Gasteiger partial charge in [0, 0.05) is 25.7 Å². The van der Waals surface area contributed by atoms with Crippen LogP contribution in [0.3, 0.4) is 0 Å². The molecule has 0 aromatic heterocycles. The Morgan fingerprint density at radius 3 is 2.00 bits per heavy atom. The van der Waals surface area contributed by atoms with Gasteiger partial charge in [-0.25, -0.2) is 16.8 Å². The summed E-state index contributed by atoms with van der Waals surface area (Å²) in [7, 11) is -7.19. The van der Waals surface area contributed by atoms with Crippen molar-refractivity contribution in [3.05, 3.63) is 54.6 Å². The topological polar surface area (TPSA) is 101 Å². The van der Waals surface area contributed by atoms with Gasteiger partial charge in [0.25, 0.3) is 0 Å². The number of hydrogen-bond acceptors (Lipinski definition) is 5. The third-order valence-electron chi connectivity index (χ3n) is 4.72. The van der Waals surface area contributed by atoms with E-state index < -0.39 is 25.1 Å². The standard InChI is InChI=1S/C19H22N2O5S2/c1-15(22)20-16-7-9-19(10-8-16)28(25,26)21-13-11-18(12-14-21)27(23,24)17-5-3-2-4-6-17/h2-10,18H,11-14H2,1H3,(H,20,22). The van der Waals surface area contributed by atoms with Gasteiger partial charge < -0.3 is 5.32 Å². The average Bonchev–Trinajstić information content (AvgIpc) is 2.69. The molecule has 0 spiro atoms. The van der Waals surface area contributed by atoms with Crippen LogP contribution in [0.25, 0.3) is 0 Å². The zero-order chi connectivity index (χ0) is 20.4. The highest BCUT2D eigenvalue weighted by Gasteiger charge is 2.35. The van der Waals surface area contributed by atoms with Crippen LogP contribution in [-0.4, -0.2) is 45.4 Å². The molecule has 1 aliphatic heterocycles. The van der Waals surface area contributed by atoms with E-state index >= 15 is 0 Å². The van der Waals surface area contributed by atoms with Crippen LogP contribution in [-0.2, 0) is 24.7 Å². The van der Waals surface area contributed by atoms with E-state index in [1.165, 1.54) is 35.5 Å². The molecule has 7 nitrogen and oxygen atoms in total. The Balaban J connectivity index is 1.71. The first-order valence-electron chi connectivity index (χ1n) is 8.88. The lowest BCUT2D eigenvalue weighted by molar-refractivity contribution is -0.114. The second kappa shape index (κ2) is 8.02. The molecule has 0 bridgehead atoms. The minimum absolute atomic E-state index is 0.117. The Morgan fingerprint density at radius 1 is 0.893 bits per heavy atom. The van der Waals surface area contributed by atoms with Crippen molar-refractivity contribution in [2.24, 2.45) is 0 Å². The molecule has 1 amide bonds. The lowest BCUT2D eigenvalue weighted by Crippen LogP contribution is -2.42. The van der Waals surface area contributed by atoms with Gasteiger partial charge in [0.1, 0.15) is 0 Å². The zero-order valence-electron chi connectivity index (χ0n) is 15.4. The Labute approximate surface area is 165 Å². The van der Waals surface area contributed by atoms with Crippen molar-refractivity contribution in [3.63, 3.8) is 0 Å². The lowest BCUT2D eigenvalue weighted by Gasteiger charge is -2.31. The van der Waals surface area contributed by atoms with Gasteiger partial charge >= 0.3 is 0 Å². The first kappa shape index (κ1) is 20.5. The number of piperidine rings is 1. The Kier molecular flexibility index (Phi) is 5.87. The van der Waals surface area contributed by atoms with E-state index in [-0.39, 0.29) is 41.6 Å². The molecule has 2 aromatic rings. The van der Waals surface area contributed by atoms with Crippen LogP contribution in [0, 0.1) is 0 Å². The van der Waals surface area contributed by atoms with Crippen molar-refractivity contribution in [2.45, 2.75) is 34.8 Å². The summed E-state index contributed by atoms with van der Waals surface area (Å²) in [4.78, 5) is 11.5. The molecule has 0 unspecified atom stereocenters. The van der Waals surface area contributed by atoms with Crippen LogP contribution in [0.15, 0.2) is 64.4 Å². The highest BCUT2D eigenvalue weighted by molar-refractivity contribution is 7.92. The number of carbonyl (C=O) groups excluding carboxylic acids is 1. The van der Waals surface area contributed by atoms with Gasteiger partial charge in [-0.15, -0.1) is 0 Å². The monoisotopic (exact) mass is 422 g/mol. The van der Waals surface area contributed by atoms with Gasteiger partial charge in [0.15, 0.2) is 9.84 Å². The summed E-state index contributed by atoms with van der Waals surface area (Å²) in [5.74, 6) is -0.239. The maximum absolute atomic E-state index is 12.8. The van der Waals surface area contributed by atoms with E-state index in [1.54, 1.807) is 30.3 Å². The zero-order valence-corrected chi connectivity index (χ0v) is 17.0. The first-order chi connectivity index (χ1) is 13.2. The fourth-order valence-electron chi connectivity index (χ4n) is 3.25. The molecular weight excluding hydrogens is 400 g/mol. The number of hydrogen-bond donors (Lipinski definition) is 1. The molecule has 0 saturated carbocycles. The highest BCUT2D eigenvalue weighted by atomic mass is 32.2. The Morgan fingerprint density at radius 2 is 1.46 bits per heavy atom. The molecule has 2 aromatic carbocycles. The van der Waals surface area contributed by atoms with E-state index in [4.69, 9.17) is 0 Å². The number of nitrogens with zero attached hydrogens (tertiary/aromatic N) is 1. The molecule has 1 saturated heterocycles. The summed E-state index contributed by atoms with van der Waals surface area (Å²) < 4.78 is 52.5. The molecule has 3 rings (SSSR count). The molecule has 9 heteroatoms. The molecule has 0 aliphatic carbocycles. The number of carbonyl (C=O) groups is 1. The average molecular weight is 423 g/mol. The van der Waals surface area contributed by atoms with Crippen LogP contribution in [0.4, 0.5) is 5.69 Å². The van der Waals surface area contributed by atoms with Crippen LogP contribution < -0.4 is 5.32 Å². The molecule has 0 atom stereocenters. The molecule has 1 heterocycles. The van der Waals surface area contributed by atoms with Crippen LogP contribution in [0.2, 0.25) is 0 Å². The first-order valence-corrected chi connectivity index (χ1v) is 11.9. The number of benzene rings is 2. The SMILES string of the molecule is CC(=O)Nc1ccc(S(=O)(=O)N2CCC(S(=O)(=O)c3ccccc3)CC2)cc1. The largest absolute Gasteiger partial charge is 0.326 e. The van der Waals surface area contributed by atoms with Crippen molar-refractivity contribution < 1.29 is 21.6 Å². The van der Waals surface area contributed by atoms with Crippen LogP contribution in [0.5, 0.6) is 0 Å². The minimum Gasteiger partial charge on any atom is -0.326 e. The Bertz CT molecular complexity index is 1040. The van der Waals surface area contributed by atoms with E-state index in [2.05, 4.69) is 5.32 Å². The van der Waals surface area contributed by atoms with Gasteiger partial charge in [0.2, 0.25) is 15.9 Å². The van der Waals surface area contributed by atoms with Crippen molar-refractivity contribution in [2.75, 3.05) is 18.4 Å². The third-order valence-corrected chi connectivity index (χ3v) is 8.92. The van der Waals surface area contributed by atoms with Crippen molar-refractivity contribution in [1.29, 1.82) is 0 Å². The third kappa shape index (κ3) is 4.26. The van der Waals surface area contributed by atoms with Gasteiger partial charge in [-0.3, -0.25) is 4.79 Å². The summed E-state index contributed by atoms with van der Waals surface area (Å²) >= 11 is 0.